The third kappa shape index (κ3) is 1.21. The minimum atomic E-state index is -0.982. The molecule has 0 saturated carbocycles. The van der Waals surface area contributed by atoms with Crippen molar-refractivity contribution in [3.8, 4) is 0 Å². The zero-order valence-electron chi connectivity index (χ0n) is 6.41. The molecule has 0 aliphatic heterocycles. The van der Waals surface area contributed by atoms with E-state index < -0.39 is 5.97 Å². The zero-order chi connectivity index (χ0) is 9.42. The van der Waals surface area contributed by atoms with Crippen LogP contribution < -0.4 is 0 Å². The molecular formula is C8H5BrN2O2. The lowest BCUT2D eigenvalue weighted by atomic mass is 10.2. The van der Waals surface area contributed by atoms with Crippen molar-refractivity contribution < 1.29 is 9.90 Å². The topological polar surface area (TPSA) is 66.0 Å². The van der Waals surface area contributed by atoms with Gasteiger partial charge in [-0.1, -0.05) is 0 Å². The molecule has 0 fully saturated rings. The highest BCUT2D eigenvalue weighted by atomic mass is 79.9. The highest BCUT2D eigenvalue weighted by molar-refractivity contribution is 9.10. The molecule has 0 spiro atoms. The van der Waals surface area contributed by atoms with E-state index in [1.165, 1.54) is 6.33 Å². The van der Waals surface area contributed by atoms with Crippen LogP contribution in [0.5, 0.6) is 0 Å². The molecular weight excluding hydrogens is 236 g/mol. The summed E-state index contributed by atoms with van der Waals surface area (Å²) in [7, 11) is 0. The van der Waals surface area contributed by atoms with Crippen LogP contribution in [0.3, 0.4) is 0 Å². The van der Waals surface area contributed by atoms with Gasteiger partial charge in [0.1, 0.15) is 11.1 Å². The summed E-state index contributed by atoms with van der Waals surface area (Å²) in [5.74, 6) is -0.982. The van der Waals surface area contributed by atoms with Crippen LogP contribution in [0.1, 0.15) is 10.4 Å². The van der Waals surface area contributed by atoms with Gasteiger partial charge in [-0.3, -0.25) is 0 Å². The Kier molecular flexibility index (Phi) is 1.81. The predicted octanol–water partition coefficient (Wildman–Crippen LogP) is 2.02. The number of H-pyrrole nitrogens is 1. The van der Waals surface area contributed by atoms with E-state index in [-0.39, 0.29) is 5.56 Å². The average molecular weight is 241 g/mol. The predicted molar refractivity (Wildman–Crippen MR) is 50.8 cm³/mol. The third-order valence-corrected chi connectivity index (χ3v) is 2.42. The summed E-state index contributed by atoms with van der Waals surface area (Å²) in [6, 6.07) is 3.46. The van der Waals surface area contributed by atoms with Crippen LogP contribution in [0.15, 0.2) is 22.9 Å². The van der Waals surface area contributed by atoms with Crippen molar-refractivity contribution in [1.82, 2.24) is 9.97 Å². The average Bonchev–Trinajstić information content (AvgIpc) is 2.50. The summed E-state index contributed by atoms with van der Waals surface area (Å²) in [5, 5.41) is 8.90. The van der Waals surface area contributed by atoms with Gasteiger partial charge in [-0.2, -0.15) is 0 Å². The number of carboxylic acid groups (broad SMARTS) is 1. The van der Waals surface area contributed by atoms with Crippen molar-refractivity contribution in [2.24, 2.45) is 0 Å². The number of aromatic carboxylic acids is 1. The number of aromatic nitrogens is 2. The number of hydrogen-bond acceptors (Lipinski definition) is 2. The number of nitrogens with one attached hydrogen (secondary N) is 1. The van der Waals surface area contributed by atoms with E-state index in [9.17, 15) is 4.79 Å². The maximum absolute atomic E-state index is 10.8. The van der Waals surface area contributed by atoms with Crippen molar-refractivity contribution in [2.75, 3.05) is 0 Å². The SMILES string of the molecule is O=C(O)c1c(Br)ccc2[nH]cnc12. The highest BCUT2D eigenvalue weighted by Gasteiger charge is 2.14. The molecule has 1 aromatic carbocycles. The van der Waals surface area contributed by atoms with Gasteiger partial charge in [0.25, 0.3) is 0 Å². The Hall–Kier alpha value is -1.36. The van der Waals surface area contributed by atoms with Gasteiger partial charge in [-0.15, -0.1) is 0 Å². The van der Waals surface area contributed by atoms with Crippen molar-refractivity contribution in [3.05, 3.63) is 28.5 Å². The summed E-state index contributed by atoms with van der Waals surface area (Å²) in [4.78, 5) is 17.6. The molecule has 5 heteroatoms. The number of imidazole rings is 1. The zero-order valence-corrected chi connectivity index (χ0v) is 8.00. The molecule has 4 nitrogen and oxygen atoms in total. The van der Waals surface area contributed by atoms with Crippen LogP contribution in [0, 0.1) is 0 Å². The second-order valence-electron chi connectivity index (χ2n) is 2.53. The first kappa shape index (κ1) is 8.25. The molecule has 2 N–H and O–H groups in total. The lowest BCUT2D eigenvalue weighted by Crippen LogP contribution is -1.98. The number of carboxylic acids is 1. The Morgan fingerprint density at radius 2 is 2.31 bits per heavy atom. The number of hydrogen-bond donors (Lipinski definition) is 2. The largest absolute Gasteiger partial charge is 0.478 e. The minimum absolute atomic E-state index is 0.193. The molecule has 0 aliphatic carbocycles. The smallest absolute Gasteiger partial charge is 0.339 e. The number of nitrogens with zero attached hydrogens (tertiary/aromatic N) is 1. The van der Waals surface area contributed by atoms with Crippen LogP contribution in [-0.4, -0.2) is 21.0 Å². The Labute approximate surface area is 81.7 Å². The molecule has 0 atom stereocenters. The summed E-state index contributed by atoms with van der Waals surface area (Å²) in [6.45, 7) is 0. The molecule has 0 saturated heterocycles. The Bertz CT molecular complexity index is 478. The van der Waals surface area contributed by atoms with Crippen LogP contribution >= 0.6 is 15.9 Å². The maximum Gasteiger partial charge on any atom is 0.339 e. The molecule has 0 bridgehead atoms. The minimum Gasteiger partial charge on any atom is -0.478 e. The van der Waals surface area contributed by atoms with Crippen molar-refractivity contribution >= 4 is 32.9 Å². The fraction of sp³-hybridized carbons (Fsp3) is 0. The van der Waals surface area contributed by atoms with Crippen LogP contribution in [0.2, 0.25) is 0 Å². The first-order valence-corrected chi connectivity index (χ1v) is 4.34. The lowest BCUT2D eigenvalue weighted by molar-refractivity contribution is 0.0698. The van der Waals surface area contributed by atoms with Crippen LogP contribution in [-0.2, 0) is 0 Å². The second kappa shape index (κ2) is 2.85. The van der Waals surface area contributed by atoms with Gasteiger partial charge in [0.05, 0.1) is 11.8 Å². The maximum atomic E-state index is 10.8. The number of carbonyl (C=O) groups is 1. The van der Waals surface area contributed by atoms with Gasteiger partial charge < -0.3 is 10.1 Å². The molecule has 1 aromatic heterocycles. The van der Waals surface area contributed by atoms with E-state index in [4.69, 9.17) is 5.11 Å². The number of aromatic amines is 1. The van der Waals surface area contributed by atoms with Gasteiger partial charge in [0, 0.05) is 4.47 Å². The lowest BCUT2D eigenvalue weighted by Gasteiger charge is -1.98. The van der Waals surface area contributed by atoms with Gasteiger partial charge >= 0.3 is 5.97 Å². The van der Waals surface area contributed by atoms with Crippen LogP contribution in [0.4, 0.5) is 0 Å². The number of rotatable bonds is 1. The molecule has 13 heavy (non-hydrogen) atoms. The molecule has 2 rings (SSSR count). The fourth-order valence-electron chi connectivity index (χ4n) is 1.19. The van der Waals surface area contributed by atoms with E-state index in [1.807, 2.05) is 0 Å². The van der Waals surface area contributed by atoms with Gasteiger partial charge in [0.2, 0.25) is 0 Å². The fourth-order valence-corrected chi connectivity index (χ4v) is 1.68. The van der Waals surface area contributed by atoms with Crippen molar-refractivity contribution in [2.45, 2.75) is 0 Å². The van der Waals surface area contributed by atoms with Gasteiger partial charge in [-0.25, -0.2) is 9.78 Å². The molecule has 0 amide bonds. The number of fused-ring (bicyclic) bond motifs is 1. The quantitative estimate of drug-likeness (QED) is 0.802. The van der Waals surface area contributed by atoms with E-state index >= 15 is 0 Å². The molecule has 66 valence electrons. The normalized spacial score (nSPS) is 10.5. The van der Waals surface area contributed by atoms with Gasteiger partial charge in [-0.05, 0) is 28.1 Å². The third-order valence-electron chi connectivity index (χ3n) is 1.75. The second-order valence-corrected chi connectivity index (χ2v) is 3.38. The van der Waals surface area contributed by atoms with Crippen LogP contribution in [0.25, 0.3) is 11.0 Å². The van der Waals surface area contributed by atoms with E-state index in [0.29, 0.717) is 9.99 Å². The molecule has 0 aliphatic rings. The van der Waals surface area contributed by atoms with Gasteiger partial charge in [0.15, 0.2) is 0 Å². The first-order valence-electron chi connectivity index (χ1n) is 3.55. The Balaban J connectivity index is 2.88. The summed E-state index contributed by atoms with van der Waals surface area (Å²) in [6.07, 6.45) is 1.48. The van der Waals surface area contributed by atoms with E-state index in [0.717, 1.165) is 5.52 Å². The number of benzene rings is 1. The highest BCUT2D eigenvalue weighted by Crippen LogP contribution is 2.23. The summed E-state index contributed by atoms with van der Waals surface area (Å²) >= 11 is 3.17. The Morgan fingerprint density at radius 3 is 3.00 bits per heavy atom. The van der Waals surface area contributed by atoms with Crippen molar-refractivity contribution in [3.63, 3.8) is 0 Å². The van der Waals surface area contributed by atoms with E-state index in [2.05, 4.69) is 25.9 Å². The molecule has 2 aromatic rings. The molecule has 1 heterocycles. The van der Waals surface area contributed by atoms with Crippen molar-refractivity contribution in [1.29, 1.82) is 0 Å². The standard InChI is InChI=1S/C8H5BrN2O2/c9-4-1-2-5-7(11-3-10-5)6(4)8(12)13/h1-3H,(H,10,11)(H,12,13). The molecule has 0 unspecified atom stereocenters. The Morgan fingerprint density at radius 1 is 1.54 bits per heavy atom. The first-order chi connectivity index (χ1) is 6.20. The monoisotopic (exact) mass is 240 g/mol. The summed E-state index contributed by atoms with van der Waals surface area (Å²) in [5.41, 5.74) is 1.39. The summed E-state index contributed by atoms with van der Waals surface area (Å²) < 4.78 is 0.541. The molecule has 0 radical (unpaired) electrons. The number of halogens is 1. The van der Waals surface area contributed by atoms with E-state index in [1.54, 1.807) is 12.1 Å².